The minimum absolute atomic E-state index is 0.0577. The first-order chi connectivity index (χ1) is 17.5. The van der Waals surface area contributed by atoms with Crippen LogP contribution in [0, 0.1) is 6.92 Å². The number of aliphatic hydroxyl groups is 1. The van der Waals surface area contributed by atoms with Crippen molar-refractivity contribution in [3.8, 4) is 0 Å². The number of thioether (sulfide) groups is 1. The first-order valence-corrected chi connectivity index (χ1v) is 13.5. The Hall–Kier alpha value is -3.09. The average Bonchev–Trinajstić information content (AvgIpc) is 2.86. The molecule has 0 aromatic heterocycles. The van der Waals surface area contributed by atoms with Gasteiger partial charge in [0.05, 0.1) is 13.0 Å². The molecule has 194 valence electrons. The van der Waals surface area contributed by atoms with Gasteiger partial charge >= 0.3 is 5.97 Å². The molecule has 6 heteroatoms. The Morgan fingerprint density at radius 3 is 2.32 bits per heavy atom. The predicted octanol–water partition coefficient (Wildman–Crippen LogP) is 5.87. The summed E-state index contributed by atoms with van der Waals surface area (Å²) in [6, 6.07) is 21.1. The summed E-state index contributed by atoms with van der Waals surface area (Å²) in [4.78, 5) is 28.0. The van der Waals surface area contributed by atoms with Gasteiger partial charge in [0.25, 0.3) is 0 Å². The van der Waals surface area contributed by atoms with E-state index in [2.05, 4.69) is 20.8 Å². The first kappa shape index (κ1) is 27.0. The van der Waals surface area contributed by atoms with E-state index < -0.39 is 16.8 Å². The van der Waals surface area contributed by atoms with Gasteiger partial charge in [-0.1, -0.05) is 69.3 Å². The van der Waals surface area contributed by atoms with Crippen LogP contribution in [-0.2, 0) is 38.4 Å². The van der Waals surface area contributed by atoms with E-state index in [4.69, 9.17) is 10.5 Å². The highest BCUT2D eigenvalue weighted by Gasteiger charge is 2.48. The molecule has 1 saturated heterocycles. The number of anilines is 1. The lowest BCUT2D eigenvalue weighted by atomic mass is 9.81. The lowest BCUT2D eigenvalue weighted by Crippen LogP contribution is -2.47. The van der Waals surface area contributed by atoms with Crippen molar-refractivity contribution in [2.75, 3.05) is 5.73 Å². The second-order valence-electron chi connectivity index (χ2n) is 10.8. The van der Waals surface area contributed by atoms with Gasteiger partial charge in [-0.15, -0.1) is 11.8 Å². The Labute approximate surface area is 223 Å². The minimum Gasteiger partial charge on any atom is -0.453 e. The van der Waals surface area contributed by atoms with E-state index in [0.717, 1.165) is 32.7 Å². The Bertz CT molecular complexity index is 1260. The lowest BCUT2D eigenvalue weighted by Gasteiger charge is -2.39. The van der Waals surface area contributed by atoms with Crippen LogP contribution in [0.5, 0.6) is 0 Å². The van der Waals surface area contributed by atoms with Crippen LogP contribution in [-0.4, -0.2) is 22.1 Å². The average molecular weight is 518 g/mol. The van der Waals surface area contributed by atoms with Crippen molar-refractivity contribution in [3.63, 3.8) is 0 Å². The van der Waals surface area contributed by atoms with E-state index in [-0.39, 0.29) is 24.2 Å². The molecule has 3 aromatic carbocycles. The zero-order valence-corrected chi connectivity index (χ0v) is 22.7. The maximum Gasteiger partial charge on any atom is 0.327 e. The van der Waals surface area contributed by atoms with Crippen LogP contribution in [0.25, 0.3) is 0 Å². The molecule has 0 saturated carbocycles. The topological polar surface area (TPSA) is 89.6 Å². The summed E-state index contributed by atoms with van der Waals surface area (Å²) in [5.74, 6) is -0.641. The van der Waals surface area contributed by atoms with Crippen LogP contribution in [0.4, 0.5) is 5.69 Å². The Balaban J connectivity index is 1.63. The van der Waals surface area contributed by atoms with Gasteiger partial charge in [-0.3, -0.25) is 9.59 Å². The van der Waals surface area contributed by atoms with Crippen LogP contribution >= 0.6 is 11.8 Å². The fraction of sp³-hybridized carbons (Fsp3) is 0.355. The molecule has 0 radical (unpaired) electrons. The summed E-state index contributed by atoms with van der Waals surface area (Å²) in [6.07, 6.45) is 1.25. The molecule has 5 nitrogen and oxygen atoms in total. The van der Waals surface area contributed by atoms with Gasteiger partial charge < -0.3 is 15.6 Å². The number of aryl methyl sites for hydroxylation is 2. The SMILES string of the molecule is Cc1cc(SC2C(=O)CC(CCc3ccc(N)cc3)(c3ccccc3)OC2=O)c(C(C)(C)C)cc1CO. The fourth-order valence-electron chi connectivity index (χ4n) is 4.83. The number of aliphatic hydroxyl groups excluding tert-OH is 1. The molecule has 1 aliphatic heterocycles. The van der Waals surface area contributed by atoms with E-state index in [1.54, 1.807) is 0 Å². The number of carbonyl (C=O) groups is 2. The van der Waals surface area contributed by atoms with Crippen molar-refractivity contribution in [3.05, 3.63) is 94.5 Å². The number of rotatable bonds is 7. The third-order valence-corrected chi connectivity index (χ3v) is 8.30. The molecule has 1 aliphatic rings. The monoisotopic (exact) mass is 517 g/mol. The van der Waals surface area contributed by atoms with Gasteiger partial charge in [0.15, 0.2) is 11.0 Å². The molecular formula is C31H35NO4S. The molecule has 0 amide bonds. The van der Waals surface area contributed by atoms with E-state index in [1.807, 2.05) is 73.7 Å². The van der Waals surface area contributed by atoms with Crippen molar-refractivity contribution in [2.45, 2.75) is 74.7 Å². The summed E-state index contributed by atoms with van der Waals surface area (Å²) < 4.78 is 6.22. The van der Waals surface area contributed by atoms with Crippen molar-refractivity contribution < 1.29 is 19.4 Å². The summed E-state index contributed by atoms with van der Waals surface area (Å²) in [6.45, 7) is 8.13. The second-order valence-corrected chi connectivity index (χ2v) is 12.0. The number of nitrogens with two attached hydrogens (primary N) is 1. The number of hydrogen-bond acceptors (Lipinski definition) is 6. The van der Waals surface area contributed by atoms with Gasteiger partial charge in [0, 0.05) is 10.6 Å². The highest BCUT2D eigenvalue weighted by Crippen LogP contribution is 2.44. The highest BCUT2D eigenvalue weighted by molar-refractivity contribution is 8.01. The van der Waals surface area contributed by atoms with Gasteiger partial charge in [0.2, 0.25) is 0 Å². The van der Waals surface area contributed by atoms with Gasteiger partial charge in [0.1, 0.15) is 5.60 Å². The Kier molecular flexibility index (Phi) is 7.81. The zero-order chi connectivity index (χ0) is 26.8. The number of ketones is 1. The zero-order valence-electron chi connectivity index (χ0n) is 21.9. The van der Waals surface area contributed by atoms with Crippen LogP contribution in [0.2, 0.25) is 0 Å². The van der Waals surface area contributed by atoms with E-state index in [0.29, 0.717) is 18.5 Å². The van der Waals surface area contributed by atoms with Crippen LogP contribution in [0.15, 0.2) is 71.6 Å². The maximum atomic E-state index is 13.6. The van der Waals surface area contributed by atoms with Crippen molar-refractivity contribution in [1.82, 2.24) is 0 Å². The minimum atomic E-state index is -1.02. The largest absolute Gasteiger partial charge is 0.453 e. The molecule has 2 atom stereocenters. The number of esters is 1. The summed E-state index contributed by atoms with van der Waals surface area (Å²) in [5, 5.41) is 8.84. The van der Waals surface area contributed by atoms with Gasteiger partial charge in [-0.25, -0.2) is 0 Å². The second kappa shape index (κ2) is 10.7. The predicted molar refractivity (Wildman–Crippen MR) is 148 cm³/mol. The number of carbonyl (C=O) groups excluding carboxylic acids is 2. The van der Waals surface area contributed by atoms with E-state index >= 15 is 0 Å². The van der Waals surface area contributed by atoms with Crippen LogP contribution in [0.3, 0.4) is 0 Å². The molecule has 37 heavy (non-hydrogen) atoms. The van der Waals surface area contributed by atoms with Crippen LogP contribution < -0.4 is 5.73 Å². The Morgan fingerprint density at radius 1 is 1.05 bits per heavy atom. The highest BCUT2D eigenvalue weighted by atomic mass is 32.2. The number of ether oxygens (including phenoxy) is 1. The van der Waals surface area contributed by atoms with E-state index in [1.165, 1.54) is 11.8 Å². The molecule has 4 rings (SSSR count). The van der Waals surface area contributed by atoms with Gasteiger partial charge in [-0.2, -0.15) is 0 Å². The van der Waals surface area contributed by atoms with Crippen molar-refractivity contribution in [2.24, 2.45) is 0 Å². The third kappa shape index (κ3) is 5.91. The molecule has 1 heterocycles. The number of benzene rings is 3. The van der Waals surface area contributed by atoms with Crippen LogP contribution in [0.1, 0.15) is 61.4 Å². The number of hydrogen-bond donors (Lipinski definition) is 2. The molecule has 2 unspecified atom stereocenters. The Morgan fingerprint density at radius 2 is 1.73 bits per heavy atom. The summed E-state index contributed by atoms with van der Waals surface area (Å²) in [7, 11) is 0. The summed E-state index contributed by atoms with van der Waals surface area (Å²) >= 11 is 1.26. The molecule has 0 aliphatic carbocycles. The number of cyclic esters (lactones) is 1. The molecule has 0 bridgehead atoms. The molecule has 3 aromatic rings. The normalized spacial score (nSPS) is 20.1. The maximum absolute atomic E-state index is 13.6. The third-order valence-electron chi connectivity index (χ3n) is 7.02. The summed E-state index contributed by atoms with van der Waals surface area (Å²) in [5.41, 5.74) is 9.94. The first-order valence-electron chi connectivity index (χ1n) is 12.6. The van der Waals surface area contributed by atoms with Crippen molar-refractivity contribution in [1.29, 1.82) is 0 Å². The molecule has 3 N–H and O–H groups in total. The smallest absolute Gasteiger partial charge is 0.327 e. The van der Waals surface area contributed by atoms with Crippen molar-refractivity contribution >= 4 is 29.2 Å². The molecular weight excluding hydrogens is 482 g/mol. The number of nitrogen functional groups attached to an aromatic ring is 1. The lowest BCUT2D eigenvalue weighted by molar-refractivity contribution is -0.171. The molecule has 0 spiro atoms. The standard InChI is InChI=1S/C31H35NO4S/c1-20-16-27(25(30(2,3)4)17-22(20)19-33)37-28-26(34)18-31(36-29(28)35,23-8-6-5-7-9-23)15-14-21-10-12-24(32)13-11-21/h5-13,16-17,28,33H,14-15,18-19,32H2,1-4H3. The fourth-order valence-corrected chi connectivity index (χ4v) is 6.18. The molecule has 1 fully saturated rings. The quantitative estimate of drug-likeness (QED) is 0.231. The van der Waals surface area contributed by atoms with E-state index in [9.17, 15) is 14.7 Å². The number of Topliss-reactive ketones (excluding diaryl/α,β-unsaturated/α-hetero) is 1. The van der Waals surface area contributed by atoms with Gasteiger partial charge in [-0.05, 0) is 71.2 Å².